The second-order valence-corrected chi connectivity index (χ2v) is 3.67. The summed E-state index contributed by atoms with van der Waals surface area (Å²) in [5.74, 6) is -0.329. The molecule has 16 heavy (non-hydrogen) atoms. The zero-order valence-electron chi connectivity index (χ0n) is 9.36. The van der Waals surface area contributed by atoms with Crippen LogP contribution in [0.3, 0.4) is 0 Å². The third kappa shape index (κ3) is 4.78. The molecule has 1 saturated heterocycles. The number of halogens is 1. The Hall–Kier alpha value is -0.850. The second-order valence-electron chi connectivity index (χ2n) is 3.67. The molecule has 0 radical (unpaired) electrons. The fourth-order valence-corrected chi connectivity index (χ4v) is 1.65. The summed E-state index contributed by atoms with van der Waals surface area (Å²) in [5, 5.41) is 5.34. The molecule has 0 spiro atoms. The van der Waals surface area contributed by atoms with Gasteiger partial charge in [-0.1, -0.05) is 0 Å². The predicted octanol–water partition coefficient (Wildman–Crippen LogP) is -0.713. The Morgan fingerprint density at radius 2 is 2.06 bits per heavy atom. The van der Waals surface area contributed by atoms with Crippen LogP contribution < -0.4 is 16.4 Å². The molecular weight excluding hydrogens is 232 g/mol. The molecule has 1 atom stereocenters. The zero-order chi connectivity index (χ0) is 11.3. The normalized spacial score (nSPS) is 19.1. The number of nitrogens with zero attached hydrogens (tertiary/aromatic N) is 1. The van der Waals surface area contributed by atoms with Crippen molar-refractivity contribution in [2.24, 2.45) is 5.73 Å². The molecule has 0 aromatic rings. The monoisotopic (exact) mass is 250 g/mol. The van der Waals surface area contributed by atoms with Gasteiger partial charge in [0.25, 0.3) is 0 Å². The van der Waals surface area contributed by atoms with Crippen LogP contribution in [0.1, 0.15) is 13.3 Å². The average Bonchev–Trinajstić information content (AvgIpc) is 2.43. The number of nitrogens with one attached hydrogen (secondary N) is 2. The number of primary amides is 1. The fraction of sp³-hybridized carbons (Fsp3) is 0.778. The molecular formula is C9H19ClN4O2. The lowest BCUT2D eigenvalue weighted by molar-refractivity contribution is -0.124. The van der Waals surface area contributed by atoms with Crippen molar-refractivity contribution in [3.05, 3.63) is 0 Å². The van der Waals surface area contributed by atoms with Gasteiger partial charge in [-0.3, -0.25) is 15.0 Å². The van der Waals surface area contributed by atoms with Crippen molar-refractivity contribution in [1.29, 1.82) is 0 Å². The molecule has 1 rings (SSSR count). The van der Waals surface area contributed by atoms with Crippen LogP contribution >= 0.6 is 12.4 Å². The highest BCUT2D eigenvalue weighted by Gasteiger charge is 2.22. The van der Waals surface area contributed by atoms with Crippen molar-refractivity contribution in [3.63, 3.8) is 0 Å². The molecule has 1 aliphatic heterocycles. The molecule has 0 aliphatic carbocycles. The number of hydrogen-bond acceptors (Lipinski definition) is 4. The number of nitrogens with two attached hydrogens (primary N) is 1. The number of carbonyl (C=O) groups excluding carboxylic acids is 2. The maximum Gasteiger partial charge on any atom is 0.318 e. The first-order valence-corrected chi connectivity index (χ1v) is 5.16. The Morgan fingerprint density at radius 1 is 1.38 bits per heavy atom. The predicted molar refractivity (Wildman–Crippen MR) is 63.5 cm³/mol. The summed E-state index contributed by atoms with van der Waals surface area (Å²) in [6.07, 6.45) is 1.01. The van der Waals surface area contributed by atoms with Gasteiger partial charge >= 0.3 is 6.03 Å². The molecule has 0 aromatic carbocycles. The van der Waals surface area contributed by atoms with E-state index in [4.69, 9.17) is 5.73 Å². The maximum absolute atomic E-state index is 11.5. The zero-order valence-corrected chi connectivity index (χ0v) is 10.2. The van der Waals surface area contributed by atoms with E-state index >= 15 is 0 Å². The lowest BCUT2D eigenvalue weighted by atomic mass is 10.2. The summed E-state index contributed by atoms with van der Waals surface area (Å²) in [6, 6.07) is -1.10. The van der Waals surface area contributed by atoms with Crippen LogP contribution in [0.15, 0.2) is 0 Å². The van der Waals surface area contributed by atoms with Crippen molar-refractivity contribution in [2.45, 2.75) is 19.4 Å². The lowest BCUT2D eigenvalue weighted by Gasteiger charge is -2.25. The number of urea groups is 1. The first-order chi connectivity index (χ1) is 7.11. The standard InChI is InChI=1S/C9H18N4O2.ClH/c1-7(8(14)12-9(10)15)13-5-2-3-11-4-6-13;/h7,11H,2-6H2,1H3,(H3,10,12,14,15);1H. The molecule has 1 unspecified atom stereocenters. The van der Waals surface area contributed by atoms with Crippen molar-refractivity contribution in [3.8, 4) is 0 Å². The van der Waals surface area contributed by atoms with E-state index in [2.05, 4.69) is 10.6 Å². The minimum absolute atomic E-state index is 0. The number of hydrogen-bond donors (Lipinski definition) is 3. The van der Waals surface area contributed by atoms with Crippen molar-refractivity contribution < 1.29 is 9.59 Å². The largest absolute Gasteiger partial charge is 0.351 e. The van der Waals surface area contributed by atoms with Gasteiger partial charge in [-0.05, 0) is 19.9 Å². The molecule has 7 heteroatoms. The van der Waals surface area contributed by atoms with E-state index in [0.717, 1.165) is 32.6 Å². The van der Waals surface area contributed by atoms with E-state index in [1.807, 2.05) is 4.90 Å². The first-order valence-electron chi connectivity index (χ1n) is 5.16. The Morgan fingerprint density at radius 3 is 2.69 bits per heavy atom. The average molecular weight is 251 g/mol. The Labute approximate surface area is 101 Å². The van der Waals surface area contributed by atoms with Gasteiger partial charge in [-0.2, -0.15) is 0 Å². The van der Waals surface area contributed by atoms with Gasteiger partial charge in [0, 0.05) is 19.6 Å². The summed E-state index contributed by atoms with van der Waals surface area (Å²) in [6.45, 7) is 5.30. The van der Waals surface area contributed by atoms with Crippen molar-refractivity contribution >= 4 is 24.3 Å². The molecule has 0 bridgehead atoms. The van der Waals surface area contributed by atoms with Crippen LogP contribution in [0, 0.1) is 0 Å². The van der Waals surface area contributed by atoms with E-state index in [9.17, 15) is 9.59 Å². The molecule has 3 amide bonds. The Kier molecular flexibility index (Phi) is 7.03. The minimum Gasteiger partial charge on any atom is -0.351 e. The van der Waals surface area contributed by atoms with E-state index in [0.29, 0.717) is 0 Å². The van der Waals surface area contributed by atoms with Crippen molar-refractivity contribution in [1.82, 2.24) is 15.5 Å². The van der Waals surface area contributed by atoms with Gasteiger partial charge in [-0.15, -0.1) is 12.4 Å². The smallest absolute Gasteiger partial charge is 0.318 e. The maximum atomic E-state index is 11.5. The number of imide groups is 1. The van der Waals surface area contributed by atoms with Gasteiger partial charge in [0.1, 0.15) is 0 Å². The van der Waals surface area contributed by atoms with Gasteiger partial charge in [-0.25, -0.2) is 4.79 Å². The summed E-state index contributed by atoms with van der Waals surface area (Å²) in [7, 11) is 0. The summed E-state index contributed by atoms with van der Waals surface area (Å²) in [5.41, 5.74) is 4.89. The van der Waals surface area contributed by atoms with E-state index in [1.165, 1.54) is 0 Å². The molecule has 0 saturated carbocycles. The summed E-state index contributed by atoms with van der Waals surface area (Å²) < 4.78 is 0. The molecule has 1 heterocycles. The number of amides is 3. The third-order valence-electron chi connectivity index (χ3n) is 2.55. The van der Waals surface area contributed by atoms with Crippen LogP contribution in [0.25, 0.3) is 0 Å². The molecule has 4 N–H and O–H groups in total. The molecule has 94 valence electrons. The topological polar surface area (TPSA) is 87.5 Å². The lowest BCUT2D eigenvalue weighted by Crippen LogP contribution is -2.49. The molecule has 6 nitrogen and oxygen atoms in total. The third-order valence-corrected chi connectivity index (χ3v) is 2.55. The van der Waals surface area contributed by atoms with Gasteiger partial charge in [0.15, 0.2) is 0 Å². The highest BCUT2D eigenvalue weighted by atomic mass is 35.5. The number of carbonyl (C=O) groups is 2. The van der Waals surface area contributed by atoms with E-state index < -0.39 is 6.03 Å². The summed E-state index contributed by atoms with van der Waals surface area (Å²) in [4.78, 5) is 24.1. The van der Waals surface area contributed by atoms with E-state index in [1.54, 1.807) is 6.92 Å². The van der Waals surface area contributed by atoms with Crippen LogP contribution in [0.4, 0.5) is 4.79 Å². The van der Waals surface area contributed by atoms with Gasteiger partial charge in [0.2, 0.25) is 5.91 Å². The first kappa shape index (κ1) is 15.2. The van der Waals surface area contributed by atoms with Crippen LogP contribution in [0.5, 0.6) is 0 Å². The minimum atomic E-state index is -0.792. The highest BCUT2D eigenvalue weighted by molar-refractivity contribution is 5.96. The molecule has 0 aromatic heterocycles. The van der Waals surface area contributed by atoms with Crippen LogP contribution in [0.2, 0.25) is 0 Å². The fourth-order valence-electron chi connectivity index (χ4n) is 1.65. The quantitative estimate of drug-likeness (QED) is 0.604. The SMILES string of the molecule is CC(C(=O)NC(N)=O)N1CCCNCC1.Cl. The van der Waals surface area contributed by atoms with Crippen LogP contribution in [-0.2, 0) is 4.79 Å². The van der Waals surface area contributed by atoms with Crippen molar-refractivity contribution in [2.75, 3.05) is 26.2 Å². The van der Waals surface area contributed by atoms with Crippen LogP contribution in [-0.4, -0.2) is 49.1 Å². The highest BCUT2D eigenvalue weighted by Crippen LogP contribution is 2.02. The van der Waals surface area contributed by atoms with E-state index in [-0.39, 0.29) is 24.4 Å². The Balaban J connectivity index is 0.00000225. The number of rotatable bonds is 2. The summed E-state index contributed by atoms with van der Waals surface area (Å²) >= 11 is 0. The van der Waals surface area contributed by atoms with Gasteiger partial charge < -0.3 is 11.1 Å². The molecule has 1 fully saturated rings. The Bertz CT molecular complexity index is 242. The molecule has 1 aliphatic rings. The second kappa shape index (κ2) is 7.43. The van der Waals surface area contributed by atoms with Gasteiger partial charge in [0.05, 0.1) is 6.04 Å².